The second kappa shape index (κ2) is 7.29. The monoisotopic (exact) mass is 227 g/mol. The Morgan fingerprint density at radius 1 is 1.31 bits per heavy atom. The second-order valence-electron chi connectivity index (χ2n) is 5.68. The predicted octanol–water partition coefficient (Wildman–Crippen LogP) is 3.07. The van der Waals surface area contributed by atoms with Gasteiger partial charge in [-0.1, -0.05) is 34.1 Å². The van der Waals surface area contributed by atoms with Crippen LogP contribution < -0.4 is 5.32 Å². The Hall–Kier alpha value is -0.0800. The fourth-order valence-electron chi connectivity index (χ4n) is 2.72. The highest BCUT2D eigenvalue weighted by Gasteiger charge is 2.30. The lowest BCUT2D eigenvalue weighted by Gasteiger charge is -2.23. The molecule has 0 spiro atoms. The molecule has 2 nitrogen and oxygen atoms in total. The van der Waals surface area contributed by atoms with E-state index in [1.807, 2.05) is 0 Å². The van der Waals surface area contributed by atoms with Gasteiger partial charge in [-0.15, -0.1) is 0 Å². The summed E-state index contributed by atoms with van der Waals surface area (Å²) in [5.74, 6) is 2.20. The van der Waals surface area contributed by atoms with E-state index in [0.717, 1.165) is 31.5 Å². The summed E-state index contributed by atoms with van der Waals surface area (Å²) in [5, 5.41) is 3.62. The zero-order valence-corrected chi connectivity index (χ0v) is 11.5. The highest BCUT2D eigenvalue weighted by Crippen LogP contribution is 2.26. The topological polar surface area (TPSA) is 21.3 Å². The molecule has 1 N–H and O–H groups in total. The van der Waals surface area contributed by atoms with E-state index in [-0.39, 0.29) is 0 Å². The zero-order valence-electron chi connectivity index (χ0n) is 11.5. The maximum absolute atomic E-state index is 5.79. The molecule has 1 saturated heterocycles. The van der Waals surface area contributed by atoms with E-state index in [1.165, 1.54) is 19.3 Å². The van der Waals surface area contributed by atoms with Crippen LogP contribution in [-0.4, -0.2) is 25.8 Å². The van der Waals surface area contributed by atoms with Crippen molar-refractivity contribution in [2.75, 3.05) is 19.7 Å². The summed E-state index contributed by atoms with van der Waals surface area (Å²) in [6.07, 6.45) is 4.35. The Kier molecular flexibility index (Phi) is 6.37. The molecule has 1 aliphatic rings. The van der Waals surface area contributed by atoms with Crippen LogP contribution >= 0.6 is 0 Å². The molecule has 1 heterocycles. The molecule has 0 bridgehead atoms. The lowest BCUT2D eigenvalue weighted by Crippen LogP contribution is -2.33. The van der Waals surface area contributed by atoms with Crippen molar-refractivity contribution in [1.82, 2.24) is 5.32 Å². The van der Waals surface area contributed by atoms with Gasteiger partial charge in [-0.25, -0.2) is 0 Å². The third-order valence-corrected chi connectivity index (χ3v) is 3.60. The van der Waals surface area contributed by atoms with Gasteiger partial charge in [0.1, 0.15) is 0 Å². The molecule has 1 fully saturated rings. The van der Waals surface area contributed by atoms with Gasteiger partial charge >= 0.3 is 0 Å². The van der Waals surface area contributed by atoms with E-state index >= 15 is 0 Å². The fraction of sp³-hybridized carbons (Fsp3) is 1.00. The van der Waals surface area contributed by atoms with Crippen molar-refractivity contribution in [3.8, 4) is 0 Å². The lowest BCUT2D eigenvalue weighted by molar-refractivity contribution is 0.0538. The smallest absolute Gasteiger partial charge is 0.0639 e. The molecule has 96 valence electrons. The summed E-state index contributed by atoms with van der Waals surface area (Å²) in [7, 11) is 0. The first-order valence-electron chi connectivity index (χ1n) is 6.97. The molecule has 0 aromatic heterocycles. The van der Waals surface area contributed by atoms with Gasteiger partial charge in [0.05, 0.1) is 6.10 Å². The Balaban J connectivity index is 2.16. The van der Waals surface area contributed by atoms with Crippen molar-refractivity contribution in [1.29, 1.82) is 0 Å². The number of rotatable bonds is 7. The first kappa shape index (κ1) is 14.0. The molecule has 0 saturated carbocycles. The maximum atomic E-state index is 5.79. The van der Waals surface area contributed by atoms with E-state index < -0.39 is 0 Å². The molecule has 3 unspecified atom stereocenters. The van der Waals surface area contributed by atoms with Crippen LogP contribution in [0.4, 0.5) is 0 Å². The summed E-state index contributed by atoms with van der Waals surface area (Å²) in [5.41, 5.74) is 0. The molecular formula is C14H29NO. The normalized spacial score (nSPS) is 27.6. The number of nitrogens with one attached hydrogen (secondary N) is 1. The third-order valence-electron chi connectivity index (χ3n) is 3.60. The Morgan fingerprint density at radius 3 is 2.69 bits per heavy atom. The van der Waals surface area contributed by atoms with Gasteiger partial charge in [0.25, 0.3) is 0 Å². The number of ether oxygens (including phenoxy) is 1. The Morgan fingerprint density at radius 2 is 2.06 bits per heavy atom. The van der Waals surface area contributed by atoms with Gasteiger partial charge in [-0.05, 0) is 37.1 Å². The largest absolute Gasteiger partial charge is 0.378 e. The van der Waals surface area contributed by atoms with Crippen LogP contribution in [0.15, 0.2) is 0 Å². The molecule has 0 amide bonds. The summed E-state index contributed by atoms with van der Waals surface area (Å²) in [6.45, 7) is 12.4. The van der Waals surface area contributed by atoms with Crippen LogP contribution in [0.3, 0.4) is 0 Å². The van der Waals surface area contributed by atoms with Crippen molar-refractivity contribution < 1.29 is 4.74 Å². The molecule has 1 rings (SSSR count). The molecule has 1 aliphatic heterocycles. The summed E-state index contributed by atoms with van der Waals surface area (Å²) in [6, 6.07) is 0. The molecule has 0 aromatic rings. The van der Waals surface area contributed by atoms with E-state index in [0.29, 0.717) is 12.0 Å². The van der Waals surface area contributed by atoms with Crippen LogP contribution in [0.1, 0.15) is 47.0 Å². The third kappa shape index (κ3) is 4.42. The number of hydrogen-bond donors (Lipinski definition) is 1. The van der Waals surface area contributed by atoms with E-state index in [1.54, 1.807) is 0 Å². The van der Waals surface area contributed by atoms with Crippen molar-refractivity contribution in [2.45, 2.75) is 53.1 Å². The van der Waals surface area contributed by atoms with Gasteiger partial charge in [0.2, 0.25) is 0 Å². The molecule has 16 heavy (non-hydrogen) atoms. The minimum atomic E-state index is 0.481. The molecule has 0 aromatic carbocycles. The Labute approximate surface area is 101 Å². The fourth-order valence-corrected chi connectivity index (χ4v) is 2.72. The van der Waals surface area contributed by atoms with Crippen LogP contribution in [-0.2, 0) is 4.74 Å². The first-order valence-corrected chi connectivity index (χ1v) is 6.97. The first-order chi connectivity index (χ1) is 7.65. The van der Waals surface area contributed by atoms with Gasteiger partial charge in [-0.3, -0.25) is 0 Å². The zero-order chi connectivity index (χ0) is 12.0. The Bertz CT molecular complexity index is 182. The molecule has 0 radical (unpaired) electrons. The average Bonchev–Trinajstić information content (AvgIpc) is 2.66. The predicted molar refractivity (Wildman–Crippen MR) is 69.6 cm³/mol. The van der Waals surface area contributed by atoms with Crippen molar-refractivity contribution >= 4 is 0 Å². The van der Waals surface area contributed by atoms with Gasteiger partial charge in [-0.2, -0.15) is 0 Å². The maximum Gasteiger partial charge on any atom is 0.0639 e. The van der Waals surface area contributed by atoms with Gasteiger partial charge < -0.3 is 10.1 Å². The summed E-state index contributed by atoms with van der Waals surface area (Å²) < 4.78 is 5.79. The highest BCUT2D eigenvalue weighted by molar-refractivity contribution is 4.80. The lowest BCUT2D eigenvalue weighted by atomic mass is 9.93. The van der Waals surface area contributed by atoms with Crippen LogP contribution in [0.5, 0.6) is 0 Å². The van der Waals surface area contributed by atoms with Crippen LogP contribution in [0, 0.1) is 17.8 Å². The van der Waals surface area contributed by atoms with Crippen LogP contribution in [0.2, 0.25) is 0 Å². The standard InChI is InChI=1S/C14H29NO/c1-5-6-12(4)9-15-10-13-7-8-16-14(13)11(2)3/h11-15H,5-10H2,1-4H3. The van der Waals surface area contributed by atoms with Crippen molar-refractivity contribution in [3.05, 3.63) is 0 Å². The molecular weight excluding hydrogens is 198 g/mol. The van der Waals surface area contributed by atoms with E-state index in [2.05, 4.69) is 33.0 Å². The van der Waals surface area contributed by atoms with E-state index in [4.69, 9.17) is 4.74 Å². The molecule has 2 heteroatoms. The average molecular weight is 227 g/mol. The second-order valence-corrected chi connectivity index (χ2v) is 5.68. The minimum Gasteiger partial charge on any atom is -0.378 e. The van der Waals surface area contributed by atoms with E-state index in [9.17, 15) is 0 Å². The minimum absolute atomic E-state index is 0.481. The van der Waals surface area contributed by atoms with Gasteiger partial charge in [0.15, 0.2) is 0 Å². The van der Waals surface area contributed by atoms with Gasteiger partial charge in [0, 0.05) is 13.2 Å². The summed E-state index contributed by atoms with van der Waals surface area (Å²) >= 11 is 0. The SMILES string of the molecule is CCCC(C)CNCC1CCOC1C(C)C. The quantitative estimate of drug-likeness (QED) is 0.721. The number of hydrogen-bond acceptors (Lipinski definition) is 2. The summed E-state index contributed by atoms with van der Waals surface area (Å²) in [4.78, 5) is 0. The van der Waals surface area contributed by atoms with Crippen molar-refractivity contribution in [2.24, 2.45) is 17.8 Å². The van der Waals surface area contributed by atoms with Crippen LogP contribution in [0.25, 0.3) is 0 Å². The molecule has 3 atom stereocenters. The highest BCUT2D eigenvalue weighted by atomic mass is 16.5. The molecule has 0 aliphatic carbocycles. The van der Waals surface area contributed by atoms with Crippen molar-refractivity contribution in [3.63, 3.8) is 0 Å².